The first-order chi connectivity index (χ1) is 4.79. The van der Waals surface area contributed by atoms with Crippen molar-refractivity contribution in [2.75, 3.05) is 28.4 Å². The van der Waals surface area contributed by atoms with Gasteiger partial charge >= 0.3 is 68.6 Å². The van der Waals surface area contributed by atoms with Crippen LogP contribution in [-0.2, 0) is 15.8 Å². The van der Waals surface area contributed by atoms with Crippen LogP contribution in [0.2, 0.25) is 0 Å². The molecule has 0 atom stereocenters. The number of hydrogen-bond acceptors (Lipinski definition) is 5. The van der Waals surface area contributed by atoms with E-state index in [-0.39, 0.29) is 0 Å². The molecule has 0 aliphatic carbocycles. The van der Waals surface area contributed by atoms with Crippen LogP contribution in [0.5, 0.6) is 0 Å². The van der Waals surface area contributed by atoms with Gasteiger partial charge in [-0.25, -0.2) is 0 Å². The Morgan fingerprint density at radius 1 is 0.900 bits per heavy atom. The topological polar surface area (TPSA) is 40.2 Å². The van der Waals surface area contributed by atoms with Crippen LogP contribution in [0.15, 0.2) is 0 Å². The fourth-order valence-electron chi connectivity index (χ4n) is 0.363. The summed E-state index contributed by atoms with van der Waals surface area (Å²) < 4.78 is 11.1. The third-order valence-corrected chi connectivity index (χ3v) is 3.60. The van der Waals surface area contributed by atoms with Crippen LogP contribution < -0.4 is 0 Å². The minimum absolute atomic E-state index is 1.24. The Hall–Kier alpha value is 0.530. The van der Waals surface area contributed by atoms with Crippen LogP contribution in [-0.4, -0.2) is 31.9 Å². The Kier molecular flexibility index (Phi) is 6.59. The summed E-state index contributed by atoms with van der Waals surface area (Å²) in [5, 5.41) is 0. The predicted molar refractivity (Wildman–Crippen MR) is 43.9 cm³/mol. The Balaban J connectivity index is 3.70. The van der Waals surface area contributed by atoms with Crippen molar-refractivity contribution in [2.24, 2.45) is 0 Å². The van der Waals surface area contributed by atoms with Gasteiger partial charge in [-0.05, 0) is 0 Å². The molecule has 10 heavy (non-hydrogen) atoms. The van der Waals surface area contributed by atoms with Crippen molar-refractivity contribution in [3.05, 3.63) is 0 Å². The zero-order valence-electron chi connectivity index (χ0n) is 6.46. The molecule has 0 aromatic rings. The molecule has 0 N–H and O–H groups in total. The second-order valence-electron chi connectivity index (χ2n) is 1.09. The van der Waals surface area contributed by atoms with E-state index in [2.05, 4.69) is 0 Å². The van der Waals surface area contributed by atoms with E-state index in [4.69, 9.17) is 15.8 Å². The zero-order valence-corrected chi connectivity index (χ0v) is 8.62. The van der Waals surface area contributed by atoms with Crippen LogP contribution in [0.1, 0.15) is 0 Å². The summed E-state index contributed by atoms with van der Waals surface area (Å²) in [6, 6.07) is 0. The van der Waals surface area contributed by atoms with E-state index < -0.39 is 20.9 Å². The molecule has 0 bridgehead atoms. The Labute approximate surface area is 68.9 Å². The van der Waals surface area contributed by atoms with Gasteiger partial charge in [0.25, 0.3) is 0 Å². The first kappa shape index (κ1) is 10.5. The average molecular weight is 265 g/mol. The molecule has 0 radical (unpaired) electrons. The van der Waals surface area contributed by atoms with Crippen LogP contribution in [0.3, 0.4) is 0 Å². The van der Waals surface area contributed by atoms with Crippen molar-refractivity contribution in [2.45, 2.75) is 0 Å². The molecule has 0 aliphatic heterocycles. The van der Waals surface area contributed by atoms with Crippen molar-refractivity contribution in [1.82, 2.24) is 3.44 Å². The quantitative estimate of drug-likeness (QED) is 0.420. The van der Waals surface area contributed by atoms with Crippen molar-refractivity contribution >= 4 is 20.9 Å². The Morgan fingerprint density at radius 2 is 1.30 bits per heavy atom. The van der Waals surface area contributed by atoms with E-state index in [1.807, 2.05) is 0 Å². The second kappa shape index (κ2) is 6.25. The molecule has 0 amide bonds. The molecule has 5 nitrogen and oxygen atoms in total. The van der Waals surface area contributed by atoms with Gasteiger partial charge in [0.05, 0.1) is 0 Å². The number of halogens is 1. The van der Waals surface area contributed by atoms with E-state index in [1.165, 1.54) is 17.7 Å². The standard InChI is InChI=1S/C4H12INO4/c1-7-5(8-2)6(9-3)10-4/h1-4H3. The summed E-state index contributed by atoms with van der Waals surface area (Å²) in [5.74, 6) is 0. The molecule has 6 heteroatoms. The summed E-state index contributed by atoms with van der Waals surface area (Å²) >= 11 is -2.08. The van der Waals surface area contributed by atoms with Crippen LogP contribution >= 0.6 is 20.9 Å². The molecular formula is C4H12INO4. The van der Waals surface area contributed by atoms with Gasteiger partial charge in [-0.15, -0.1) is 0 Å². The van der Waals surface area contributed by atoms with Gasteiger partial charge in [0.2, 0.25) is 0 Å². The van der Waals surface area contributed by atoms with Gasteiger partial charge < -0.3 is 0 Å². The predicted octanol–water partition coefficient (Wildman–Crippen LogP) is 0.955. The molecule has 0 heterocycles. The molecule has 0 aromatic heterocycles. The maximum absolute atomic E-state index is 4.95. The van der Waals surface area contributed by atoms with Crippen molar-refractivity contribution < 1.29 is 15.8 Å². The fourth-order valence-corrected chi connectivity index (χ4v) is 2.01. The third kappa shape index (κ3) is 3.08. The minimum atomic E-state index is -2.08. The molecule has 0 unspecified atom stereocenters. The Morgan fingerprint density at radius 3 is 1.40 bits per heavy atom. The van der Waals surface area contributed by atoms with Gasteiger partial charge in [-0.3, -0.25) is 0 Å². The molecule has 0 saturated carbocycles. The number of nitrogens with zero attached hydrogens (tertiary/aromatic N) is 1. The molecule has 0 aliphatic rings. The Bertz CT molecular complexity index is 65.7. The molecule has 64 valence electrons. The van der Waals surface area contributed by atoms with Crippen LogP contribution in [0.4, 0.5) is 0 Å². The normalized spacial score (nSPS) is 12.3. The van der Waals surface area contributed by atoms with E-state index in [9.17, 15) is 0 Å². The van der Waals surface area contributed by atoms with Gasteiger partial charge in [-0.2, -0.15) is 0 Å². The van der Waals surface area contributed by atoms with Crippen LogP contribution in [0.25, 0.3) is 0 Å². The van der Waals surface area contributed by atoms with Crippen molar-refractivity contribution in [3.8, 4) is 0 Å². The first-order valence-corrected chi connectivity index (χ1v) is 5.20. The first-order valence-electron chi connectivity index (χ1n) is 2.48. The SMILES string of the molecule is CON(OC)I(OC)OC. The fraction of sp³-hybridized carbons (Fsp3) is 1.00. The molecule has 0 fully saturated rings. The summed E-state index contributed by atoms with van der Waals surface area (Å²) in [7, 11) is 6.09. The van der Waals surface area contributed by atoms with Gasteiger partial charge in [0, 0.05) is 0 Å². The average Bonchev–Trinajstić information content (AvgIpc) is 2.00. The van der Waals surface area contributed by atoms with E-state index in [1.54, 1.807) is 14.2 Å². The molecule has 0 rings (SSSR count). The van der Waals surface area contributed by atoms with E-state index in [0.29, 0.717) is 0 Å². The molecule has 0 saturated heterocycles. The zero-order chi connectivity index (χ0) is 7.98. The van der Waals surface area contributed by atoms with Crippen molar-refractivity contribution in [1.29, 1.82) is 0 Å². The van der Waals surface area contributed by atoms with Crippen molar-refractivity contribution in [3.63, 3.8) is 0 Å². The molecule has 0 spiro atoms. The monoisotopic (exact) mass is 265 g/mol. The summed E-state index contributed by atoms with van der Waals surface area (Å²) in [5.41, 5.74) is 0. The maximum atomic E-state index is 4.95. The van der Waals surface area contributed by atoms with Gasteiger partial charge in [0.1, 0.15) is 0 Å². The van der Waals surface area contributed by atoms with Gasteiger partial charge in [-0.1, -0.05) is 0 Å². The van der Waals surface area contributed by atoms with Crippen LogP contribution in [0, 0.1) is 0 Å². The third-order valence-electron chi connectivity index (χ3n) is 0.664. The summed E-state index contributed by atoms with van der Waals surface area (Å²) in [6.07, 6.45) is 0. The molecular weight excluding hydrogens is 253 g/mol. The van der Waals surface area contributed by atoms with E-state index >= 15 is 0 Å². The number of hydrogen-bond donors (Lipinski definition) is 0. The summed E-state index contributed by atoms with van der Waals surface area (Å²) in [4.78, 5) is 9.55. The van der Waals surface area contributed by atoms with Gasteiger partial charge in [0.15, 0.2) is 0 Å². The van der Waals surface area contributed by atoms with E-state index in [0.717, 1.165) is 0 Å². The summed E-state index contributed by atoms with van der Waals surface area (Å²) in [6.45, 7) is 0. The molecule has 0 aromatic carbocycles. The number of rotatable bonds is 5. The second-order valence-corrected chi connectivity index (χ2v) is 4.78.